The first-order valence-electron chi connectivity index (χ1n) is 7.12. The van der Waals surface area contributed by atoms with E-state index in [9.17, 15) is 8.78 Å². The van der Waals surface area contributed by atoms with Crippen molar-refractivity contribution in [1.82, 2.24) is 9.97 Å². The van der Waals surface area contributed by atoms with Crippen LogP contribution in [0, 0.1) is 11.6 Å². The molecule has 0 unspecified atom stereocenters. The molecule has 0 saturated carbocycles. The summed E-state index contributed by atoms with van der Waals surface area (Å²) in [6, 6.07) is 3.69. The molecule has 2 aromatic rings. The summed E-state index contributed by atoms with van der Waals surface area (Å²) in [5, 5.41) is 6.16. The summed E-state index contributed by atoms with van der Waals surface area (Å²) in [6.45, 7) is 0.525. The van der Waals surface area contributed by atoms with Gasteiger partial charge in [0.15, 0.2) is 11.6 Å². The second-order valence-electron chi connectivity index (χ2n) is 5.14. The first-order valence-corrected chi connectivity index (χ1v) is 7.91. The Kier molecular flexibility index (Phi) is 4.72. The molecule has 122 valence electrons. The predicted octanol–water partition coefficient (Wildman–Crippen LogP) is 3.50. The highest BCUT2D eigenvalue weighted by Crippen LogP contribution is 2.32. The maximum absolute atomic E-state index is 13.4. The third kappa shape index (κ3) is 3.42. The van der Waals surface area contributed by atoms with Crippen LogP contribution in [0.15, 0.2) is 28.9 Å². The lowest BCUT2D eigenvalue weighted by atomic mass is 10.0. The maximum Gasteiger partial charge on any atom is 0.224 e. The van der Waals surface area contributed by atoms with Crippen LogP contribution < -0.4 is 10.6 Å². The molecule has 2 atom stereocenters. The van der Waals surface area contributed by atoms with Gasteiger partial charge >= 0.3 is 0 Å². The zero-order valence-electron chi connectivity index (χ0n) is 12.3. The standard InChI is InChI=1S/C15H15BrF2N4O/c1-19-14-9(16)7-20-15(22-14)21-12-4-5-23-13(12)8-2-3-10(17)11(18)6-8/h2-3,6-7,12-13H,4-5H2,1H3,(H2,19,20,21,22)/t12-,13+/m1/s1. The Morgan fingerprint density at radius 1 is 1.30 bits per heavy atom. The van der Waals surface area contributed by atoms with Gasteiger partial charge in [-0.2, -0.15) is 4.98 Å². The number of hydrogen-bond donors (Lipinski definition) is 2. The van der Waals surface area contributed by atoms with Crippen molar-refractivity contribution in [3.05, 3.63) is 46.1 Å². The highest BCUT2D eigenvalue weighted by Gasteiger charge is 2.31. The highest BCUT2D eigenvalue weighted by atomic mass is 79.9. The molecule has 23 heavy (non-hydrogen) atoms. The Hall–Kier alpha value is -1.80. The highest BCUT2D eigenvalue weighted by molar-refractivity contribution is 9.10. The fourth-order valence-electron chi connectivity index (χ4n) is 2.53. The summed E-state index contributed by atoms with van der Waals surface area (Å²) in [7, 11) is 1.76. The first-order chi connectivity index (χ1) is 11.1. The predicted molar refractivity (Wildman–Crippen MR) is 86.4 cm³/mol. The molecule has 0 spiro atoms. The fourth-order valence-corrected chi connectivity index (χ4v) is 2.92. The number of halogens is 3. The van der Waals surface area contributed by atoms with E-state index in [0.29, 0.717) is 23.9 Å². The number of nitrogens with one attached hydrogen (secondary N) is 2. The molecule has 0 amide bonds. The second-order valence-corrected chi connectivity index (χ2v) is 6.00. The topological polar surface area (TPSA) is 59.1 Å². The lowest BCUT2D eigenvalue weighted by Crippen LogP contribution is -2.24. The van der Waals surface area contributed by atoms with Crippen molar-refractivity contribution < 1.29 is 13.5 Å². The van der Waals surface area contributed by atoms with Gasteiger partial charge < -0.3 is 15.4 Å². The molecule has 1 aliphatic heterocycles. The van der Waals surface area contributed by atoms with Crippen LogP contribution in [0.25, 0.3) is 0 Å². The Bertz CT molecular complexity index is 716. The normalized spacial score (nSPS) is 20.5. The Morgan fingerprint density at radius 3 is 2.87 bits per heavy atom. The molecule has 3 rings (SSSR count). The largest absolute Gasteiger partial charge is 0.372 e. The minimum atomic E-state index is -0.880. The van der Waals surface area contributed by atoms with Crippen molar-refractivity contribution in [2.24, 2.45) is 0 Å². The van der Waals surface area contributed by atoms with Crippen LogP contribution in [0.5, 0.6) is 0 Å². The fraction of sp³-hybridized carbons (Fsp3) is 0.333. The average Bonchev–Trinajstić information content (AvgIpc) is 3.00. The van der Waals surface area contributed by atoms with Gasteiger partial charge in [-0.1, -0.05) is 6.07 Å². The molecule has 0 radical (unpaired) electrons. The quantitative estimate of drug-likeness (QED) is 0.844. The summed E-state index contributed by atoms with van der Waals surface area (Å²) in [5.41, 5.74) is 0.588. The molecule has 1 aliphatic rings. The van der Waals surface area contributed by atoms with Crippen LogP contribution in [0.2, 0.25) is 0 Å². The lowest BCUT2D eigenvalue weighted by molar-refractivity contribution is 0.107. The van der Waals surface area contributed by atoms with Crippen molar-refractivity contribution in [1.29, 1.82) is 0 Å². The number of nitrogens with zero attached hydrogens (tertiary/aromatic N) is 2. The number of aromatic nitrogens is 2. The molecule has 0 bridgehead atoms. The molecule has 1 saturated heterocycles. The van der Waals surface area contributed by atoms with Gasteiger partial charge in [0.05, 0.1) is 10.5 Å². The average molecular weight is 385 g/mol. The number of hydrogen-bond acceptors (Lipinski definition) is 5. The van der Waals surface area contributed by atoms with Gasteiger partial charge in [-0.3, -0.25) is 0 Å². The molecule has 1 fully saturated rings. The second kappa shape index (κ2) is 6.76. The minimum absolute atomic E-state index is 0.120. The molecule has 1 aromatic heterocycles. The van der Waals surface area contributed by atoms with Crippen LogP contribution in [0.1, 0.15) is 18.1 Å². The molecule has 1 aromatic carbocycles. The molecular formula is C15H15BrF2N4O. The van der Waals surface area contributed by atoms with Crippen LogP contribution in [-0.4, -0.2) is 29.7 Å². The summed E-state index contributed by atoms with van der Waals surface area (Å²) >= 11 is 3.35. The molecule has 0 aliphatic carbocycles. The van der Waals surface area contributed by atoms with E-state index >= 15 is 0 Å². The molecule has 2 heterocycles. The Labute approximate surface area is 140 Å². The molecular weight excluding hydrogens is 370 g/mol. The van der Waals surface area contributed by atoms with Crippen molar-refractivity contribution in [3.8, 4) is 0 Å². The smallest absolute Gasteiger partial charge is 0.224 e. The lowest BCUT2D eigenvalue weighted by Gasteiger charge is -2.20. The van der Waals surface area contributed by atoms with Crippen LogP contribution in [-0.2, 0) is 4.74 Å². The molecule has 5 nitrogen and oxygen atoms in total. The molecule has 8 heteroatoms. The zero-order chi connectivity index (χ0) is 16.4. The van der Waals surface area contributed by atoms with Gasteiger partial charge in [-0.15, -0.1) is 0 Å². The van der Waals surface area contributed by atoms with Crippen molar-refractivity contribution in [3.63, 3.8) is 0 Å². The van der Waals surface area contributed by atoms with Crippen LogP contribution in [0.3, 0.4) is 0 Å². The van der Waals surface area contributed by atoms with Gasteiger partial charge in [-0.25, -0.2) is 13.8 Å². The van der Waals surface area contributed by atoms with Crippen LogP contribution >= 0.6 is 15.9 Å². The number of ether oxygens (including phenoxy) is 1. The van der Waals surface area contributed by atoms with Gasteiger partial charge in [-0.05, 0) is 40.0 Å². The Morgan fingerprint density at radius 2 is 2.13 bits per heavy atom. The van der Waals surface area contributed by atoms with Gasteiger partial charge in [0.2, 0.25) is 5.95 Å². The van der Waals surface area contributed by atoms with E-state index in [2.05, 4.69) is 36.5 Å². The van der Waals surface area contributed by atoms with E-state index in [1.165, 1.54) is 12.1 Å². The minimum Gasteiger partial charge on any atom is -0.372 e. The summed E-state index contributed by atoms with van der Waals surface area (Å²) in [4.78, 5) is 8.56. The van der Waals surface area contributed by atoms with E-state index in [0.717, 1.165) is 17.0 Å². The van der Waals surface area contributed by atoms with Gasteiger partial charge in [0.25, 0.3) is 0 Å². The number of anilines is 2. The van der Waals surface area contributed by atoms with Gasteiger partial charge in [0, 0.05) is 19.9 Å². The summed E-state index contributed by atoms with van der Waals surface area (Å²) < 4.78 is 33.0. The summed E-state index contributed by atoms with van der Waals surface area (Å²) in [5.74, 6) is -0.647. The third-order valence-corrected chi connectivity index (χ3v) is 4.24. The maximum atomic E-state index is 13.4. The van der Waals surface area contributed by atoms with Gasteiger partial charge in [0.1, 0.15) is 11.9 Å². The van der Waals surface area contributed by atoms with E-state index in [-0.39, 0.29) is 12.1 Å². The van der Waals surface area contributed by atoms with E-state index in [4.69, 9.17) is 4.74 Å². The summed E-state index contributed by atoms with van der Waals surface area (Å²) in [6.07, 6.45) is 1.98. The third-order valence-electron chi connectivity index (χ3n) is 3.66. The van der Waals surface area contributed by atoms with E-state index in [1.54, 1.807) is 13.2 Å². The SMILES string of the molecule is CNc1nc(N[C@@H]2CCO[C@H]2c2ccc(F)c(F)c2)ncc1Br. The monoisotopic (exact) mass is 384 g/mol. The van der Waals surface area contributed by atoms with Crippen LogP contribution in [0.4, 0.5) is 20.5 Å². The van der Waals surface area contributed by atoms with Crippen molar-refractivity contribution in [2.75, 3.05) is 24.3 Å². The molecule has 2 N–H and O–H groups in total. The van der Waals surface area contributed by atoms with E-state index in [1.807, 2.05) is 0 Å². The van der Waals surface area contributed by atoms with Crippen molar-refractivity contribution in [2.45, 2.75) is 18.6 Å². The Balaban J connectivity index is 1.80. The van der Waals surface area contributed by atoms with Crippen molar-refractivity contribution >= 4 is 27.7 Å². The number of benzene rings is 1. The first kappa shape index (κ1) is 16.1. The van der Waals surface area contributed by atoms with E-state index < -0.39 is 11.6 Å². The zero-order valence-corrected chi connectivity index (χ0v) is 13.9. The number of rotatable bonds is 4.